The van der Waals surface area contributed by atoms with Gasteiger partial charge in [-0.15, -0.1) is 0 Å². The molecule has 1 aromatic rings. The van der Waals surface area contributed by atoms with Crippen LogP contribution in [-0.4, -0.2) is 23.7 Å². The number of carbonyl (C=O) groups is 2. The molecular formula is C13H13ClN2O3. The highest BCUT2D eigenvalue weighted by Crippen LogP contribution is 2.11. The van der Waals surface area contributed by atoms with E-state index in [0.29, 0.717) is 16.3 Å². The van der Waals surface area contributed by atoms with Crippen LogP contribution in [0.2, 0.25) is 0 Å². The fourth-order valence-corrected chi connectivity index (χ4v) is 1.31. The van der Waals surface area contributed by atoms with E-state index in [4.69, 9.17) is 16.7 Å². The minimum absolute atomic E-state index is 0.173. The van der Waals surface area contributed by atoms with Gasteiger partial charge in [0.25, 0.3) is 0 Å². The molecule has 0 spiro atoms. The van der Waals surface area contributed by atoms with Crippen LogP contribution in [0.4, 0.5) is 10.5 Å². The molecule has 0 aromatic heterocycles. The van der Waals surface area contributed by atoms with E-state index in [2.05, 4.69) is 17.2 Å². The number of nitrogens with one attached hydrogen (secondary N) is 2. The maximum absolute atomic E-state index is 11.5. The number of hydrogen-bond acceptors (Lipinski definition) is 2. The number of aliphatic carboxylic acids is 1. The summed E-state index contributed by atoms with van der Waals surface area (Å²) < 4.78 is 0. The van der Waals surface area contributed by atoms with Crippen molar-refractivity contribution in [1.82, 2.24) is 5.32 Å². The van der Waals surface area contributed by atoms with Gasteiger partial charge in [-0.25, -0.2) is 9.59 Å². The molecule has 19 heavy (non-hydrogen) atoms. The fourth-order valence-electron chi connectivity index (χ4n) is 1.24. The van der Waals surface area contributed by atoms with Crippen LogP contribution in [0.15, 0.2) is 42.0 Å². The van der Waals surface area contributed by atoms with E-state index in [1.807, 2.05) is 0 Å². The quantitative estimate of drug-likeness (QED) is 0.726. The minimum atomic E-state index is -1.03. The topological polar surface area (TPSA) is 78.4 Å². The molecule has 0 unspecified atom stereocenters. The second-order valence-electron chi connectivity index (χ2n) is 3.62. The van der Waals surface area contributed by atoms with Crippen molar-refractivity contribution in [2.45, 2.75) is 0 Å². The maximum Gasteiger partial charge on any atom is 0.328 e. The summed E-state index contributed by atoms with van der Waals surface area (Å²) in [6.45, 7) is 3.62. The second-order valence-corrected chi connectivity index (χ2v) is 4.16. The summed E-state index contributed by atoms with van der Waals surface area (Å²) in [6, 6.07) is 6.35. The van der Waals surface area contributed by atoms with Gasteiger partial charge in [-0.05, 0) is 23.8 Å². The lowest BCUT2D eigenvalue weighted by molar-refractivity contribution is -0.131. The first-order valence-electron chi connectivity index (χ1n) is 5.36. The Morgan fingerprint density at radius 1 is 1.42 bits per heavy atom. The highest BCUT2D eigenvalue weighted by Gasteiger charge is 2.01. The Morgan fingerprint density at radius 2 is 2.16 bits per heavy atom. The number of urea groups is 1. The Hall–Kier alpha value is -2.27. The number of anilines is 1. The van der Waals surface area contributed by atoms with Gasteiger partial charge >= 0.3 is 12.0 Å². The molecule has 0 atom stereocenters. The van der Waals surface area contributed by atoms with Crippen LogP contribution >= 0.6 is 11.6 Å². The molecule has 0 radical (unpaired) electrons. The van der Waals surface area contributed by atoms with E-state index >= 15 is 0 Å². The number of carboxylic acid groups (broad SMARTS) is 1. The lowest BCUT2D eigenvalue weighted by Gasteiger charge is -2.07. The summed E-state index contributed by atoms with van der Waals surface area (Å²) in [5, 5.41) is 14.0. The summed E-state index contributed by atoms with van der Waals surface area (Å²) in [6.07, 6.45) is 2.46. The zero-order valence-corrected chi connectivity index (χ0v) is 10.8. The molecule has 0 fully saturated rings. The average molecular weight is 281 g/mol. The summed E-state index contributed by atoms with van der Waals surface area (Å²) in [4.78, 5) is 21.9. The molecule has 3 N–H and O–H groups in total. The monoisotopic (exact) mass is 280 g/mol. The van der Waals surface area contributed by atoms with Crippen LogP contribution in [0.5, 0.6) is 0 Å². The molecule has 0 aliphatic rings. The van der Waals surface area contributed by atoms with Crippen LogP contribution in [0.3, 0.4) is 0 Å². The third kappa shape index (κ3) is 6.28. The van der Waals surface area contributed by atoms with Crippen LogP contribution in [-0.2, 0) is 4.79 Å². The van der Waals surface area contributed by atoms with Gasteiger partial charge in [0.15, 0.2) is 0 Å². The molecule has 1 aromatic carbocycles. The molecule has 0 saturated carbocycles. The van der Waals surface area contributed by atoms with Gasteiger partial charge in [-0.2, -0.15) is 0 Å². The molecule has 0 aliphatic heterocycles. The summed E-state index contributed by atoms with van der Waals surface area (Å²) >= 11 is 5.52. The van der Waals surface area contributed by atoms with Crippen LogP contribution in [0.25, 0.3) is 6.08 Å². The highest BCUT2D eigenvalue weighted by atomic mass is 35.5. The molecule has 0 aliphatic carbocycles. The van der Waals surface area contributed by atoms with E-state index in [0.717, 1.165) is 6.08 Å². The predicted molar refractivity (Wildman–Crippen MR) is 75.1 cm³/mol. The fraction of sp³-hybridized carbons (Fsp3) is 0.0769. The van der Waals surface area contributed by atoms with Crippen molar-refractivity contribution >= 4 is 35.4 Å². The van der Waals surface area contributed by atoms with Crippen LogP contribution in [0, 0.1) is 0 Å². The molecule has 0 saturated heterocycles. The zero-order valence-electron chi connectivity index (χ0n) is 10.0. The average Bonchev–Trinajstić information content (AvgIpc) is 2.34. The molecule has 0 bridgehead atoms. The number of benzene rings is 1. The van der Waals surface area contributed by atoms with Gasteiger partial charge in [0.1, 0.15) is 0 Å². The largest absolute Gasteiger partial charge is 0.478 e. The molecule has 5 nitrogen and oxygen atoms in total. The third-order valence-electron chi connectivity index (χ3n) is 2.00. The Labute approximate surface area is 115 Å². The van der Waals surface area contributed by atoms with E-state index in [1.165, 1.54) is 6.08 Å². The van der Waals surface area contributed by atoms with Crippen molar-refractivity contribution in [3.63, 3.8) is 0 Å². The molecule has 6 heteroatoms. The number of carbonyl (C=O) groups excluding carboxylic acids is 1. The SMILES string of the molecule is C=C(Cl)CNC(=O)Nc1cccc(/C=C/C(=O)O)c1. The minimum Gasteiger partial charge on any atom is -0.478 e. The van der Waals surface area contributed by atoms with Crippen LogP contribution in [0.1, 0.15) is 5.56 Å². The first-order valence-corrected chi connectivity index (χ1v) is 5.74. The molecule has 0 heterocycles. The van der Waals surface area contributed by atoms with Crippen molar-refractivity contribution in [3.8, 4) is 0 Å². The van der Waals surface area contributed by atoms with Gasteiger partial charge in [0.05, 0.1) is 6.54 Å². The van der Waals surface area contributed by atoms with Gasteiger partial charge in [-0.1, -0.05) is 30.3 Å². The lowest BCUT2D eigenvalue weighted by Crippen LogP contribution is -2.29. The van der Waals surface area contributed by atoms with E-state index in [9.17, 15) is 9.59 Å². The van der Waals surface area contributed by atoms with Gasteiger partial charge in [0, 0.05) is 16.8 Å². The van der Waals surface area contributed by atoms with Crippen LogP contribution < -0.4 is 10.6 Å². The molecular weight excluding hydrogens is 268 g/mol. The number of halogens is 1. The zero-order chi connectivity index (χ0) is 14.3. The summed E-state index contributed by atoms with van der Waals surface area (Å²) in [7, 11) is 0. The second kappa shape index (κ2) is 7.23. The van der Waals surface area contributed by atoms with Gasteiger partial charge in [-0.3, -0.25) is 0 Å². The lowest BCUT2D eigenvalue weighted by atomic mass is 10.2. The number of rotatable bonds is 5. The summed E-state index contributed by atoms with van der Waals surface area (Å²) in [5.41, 5.74) is 1.21. The van der Waals surface area contributed by atoms with E-state index < -0.39 is 12.0 Å². The highest BCUT2D eigenvalue weighted by molar-refractivity contribution is 6.29. The Bertz CT molecular complexity index is 526. The van der Waals surface area contributed by atoms with Crippen molar-refractivity contribution in [2.24, 2.45) is 0 Å². The Kier molecular flexibility index (Phi) is 5.63. The Balaban J connectivity index is 2.64. The molecule has 100 valence electrons. The van der Waals surface area contributed by atoms with Crippen molar-refractivity contribution in [3.05, 3.63) is 47.5 Å². The van der Waals surface area contributed by atoms with Crippen molar-refractivity contribution in [2.75, 3.05) is 11.9 Å². The number of hydrogen-bond donors (Lipinski definition) is 3. The maximum atomic E-state index is 11.5. The smallest absolute Gasteiger partial charge is 0.328 e. The van der Waals surface area contributed by atoms with Crippen molar-refractivity contribution in [1.29, 1.82) is 0 Å². The van der Waals surface area contributed by atoms with Crippen molar-refractivity contribution < 1.29 is 14.7 Å². The van der Waals surface area contributed by atoms with Gasteiger partial charge < -0.3 is 15.7 Å². The molecule has 1 rings (SSSR count). The van der Waals surface area contributed by atoms with E-state index in [-0.39, 0.29) is 6.54 Å². The number of amides is 2. The predicted octanol–water partition coefficient (Wildman–Crippen LogP) is 2.66. The van der Waals surface area contributed by atoms with E-state index in [1.54, 1.807) is 24.3 Å². The molecule has 2 amide bonds. The first kappa shape index (κ1) is 14.8. The summed E-state index contributed by atoms with van der Waals surface area (Å²) in [5.74, 6) is -1.03. The Morgan fingerprint density at radius 3 is 2.79 bits per heavy atom. The third-order valence-corrected chi connectivity index (χ3v) is 2.14. The van der Waals surface area contributed by atoms with Gasteiger partial charge in [0.2, 0.25) is 0 Å². The standard InChI is InChI=1S/C13H13ClN2O3/c1-9(14)8-15-13(19)16-11-4-2-3-10(7-11)5-6-12(17)18/h2-7H,1,8H2,(H,17,18)(H2,15,16,19)/b6-5+. The normalized spacial score (nSPS) is 10.2. The first-order chi connectivity index (χ1) is 8.97. The number of carboxylic acids is 1.